The summed E-state index contributed by atoms with van der Waals surface area (Å²) in [4.78, 5) is 22.0. The average Bonchev–Trinajstić information content (AvgIpc) is 2.38. The Morgan fingerprint density at radius 3 is 2.65 bits per heavy atom. The highest BCUT2D eigenvalue weighted by Crippen LogP contribution is 2.25. The van der Waals surface area contributed by atoms with Gasteiger partial charge in [0.2, 0.25) is 0 Å². The zero-order valence-electron chi connectivity index (χ0n) is 10.5. The molecule has 0 aliphatic carbocycles. The minimum atomic E-state index is -0.671. The molecule has 0 N–H and O–H groups in total. The van der Waals surface area contributed by atoms with E-state index in [-0.39, 0.29) is 16.3 Å². The van der Waals surface area contributed by atoms with E-state index in [2.05, 4.69) is 0 Å². The molecule has 0 aliphatic heterocycles. The van der Waals surface area contributed by atoms with E-state index in [0.29, 0.717) is 5.75 Å². The summed E-state index contributed by atoms with van der Waals surface area (Å²) in [6, 6.07) is 10.7. The largest absolute Gasteiger partial charge is 0.423 e. The van der Waals surface area contributed by atoms with Gasteiger partial charge < -0.3 is 4.74 Å². The molecule has 0 amide bonds. The Kier molecular flexibility index (Phi) is 4.00. The zero-order chi connectivity index (χ0) is 14.7. The smallest absolute Gasteiger partial charge is 0.343 e. The van der Waals surface area contributed by atoms with Crippen LogP contribution in [0.1, 0.15) is 15.9 Å². The number of aryl methyl sites for hydroxylation is 1. The van der Waals surface area contributed by atoms with Crippen LogP contribution in [0.3, 0.4) is 0 Å². The number of rotatable bonds is 3. The predicted octanol–water partition coefficient (Wildman–Crippen LogP) is 3.78. The quantitative estimate of drug-likeness (QED) is 0.373. The molecular formula is C14H10ClNO4. The molecule has 0 fully saturated rings. The fourth-order valence-corrected chi connectivity index (χ4v) is 1.81. The summed E-state index contributed by atoms with van der Waals surface area (Å²) in [6.45, 7) is 1.87. The molecule has 0 saturated carbocycles. The van der Waals surface area contributed by atoms with Crippen LogP contribution in [-0.4, -0.2) is 10.9 Å². The normalized spacial score (nSPS) is 10.1. The SMILES string of the molecule is Cc1cccc(OC(=O)c2ccc(Cl)c([N+](=O)[O-])c2)c1. The highest BCUT2D eigenvalue weighted by molar-refractivity contribution is 6.32. The van der Waals surface area contributed by atoms with Gasteiger partial charge in [0.05, 0.1) is 10.5 Å². The molecule has 0 aromatic heterocycles. The van der Waals surface area contributed by atoms with Crippen molar-refractivity contribution in [2.24, 2.45) is 0 Å². The minimum Gasteiger partial charge on any atom is -0.423 e. The third-order valence-electron chi connectivity index (χ3n) is 2.58. The summed E-state index contributed by atoms with van der Waals surface area (Å²) in [5.74, 6) is -0.289. The molecule has 0 heterocycles. The molecule has 2 aromatic carbocycles. The standard InChI is InChI=1S/C14H10ClNO4/c1-9-3-2-4-11(7-9)20-14(17)10-5-6-12(15)13(8-10)16(18)19/h2-8H,1H3. The van der Waals surface area contributed by atoms with Crippen LogP contribution in [0.25, 0.3) is 0 Å². The van der Waals surface area contributed by atoms with Gasteiger partial charge in [-0.05, 0) is 36.8 Å². The van der Waals surface area contributed by atoms with Crippen LogP contribution < -0.4 is 4.74 Å². The number of halogens is 1. The third kappa shape index (κ3) is 3.13. The minimum absolute atomic E-state index is 0.0258. The molecule has 20 heavy (non-hydrogen) atoms. The number of esters is 1. The van der Waals surface area contributed by atoms with Crippen LogP contribution in [0.15, 0.2) is 42.5 Å². The summed E-state index contributed by atoms with van der Waals surface area (Å²) >= 11 is 5.68. The molecule has 0 radical (unpaired) electrons. The maximum atomic E-state index is 11.9. The molecule has 0 bridgehead atoms. The van der Waals surface area contributed by atoms with Crippen LogP contribution >= 0.6 is 11.6 Å². The van der Waals surface area contributed by atoms with E-state index < -0.39 is 10.9 Å². The molecule has 5 nitrogen and oxygen atoms in total. The predicted molar refractivity (Wildman–Crippen MR) is 74.2 cm³/mol. The molecule has 0 aliphatic rings. The average molecular weight is 292 g/mol. The molecule has 102 valence electrons. The van der Waals surface area contributed by atoms with E-state index in [4.69, 9.17) is 16.3 Å². The molecule has 0 spiro atoms. The summed E-state index contributed by atoms with van der Waals surface area (Å²) in [5.41, 5.74) is 0.686. The van der Waals surface area contributed by atoms with Gasteiger partial charge in [-0.3, -0.25) is 10.1 Å². The Balaban J connectivity index is 2.26. The van der Waals surface area contributed by atoms with E-state index in [1.54, 1.807) is 18.2 Å². The van der Waals surface area contributed by atoms with Crippen LogP contribution in [0.4, 0.5) is 5.69 Å². The van der Waals surface area contributed by atoms with Crippen molar-refractivity contribution in [3.05, 3.63) is 68.7 Å². The summed E-state index contributed by atoms with van der Waals surface area (Å²) < 4.78 is 5.15. The van der Waals surface area contributed by atoms with Gasteiger partial charge in [0.25, 0.3) is 5.69 Å². The zero-order valence-corrected chi connectivity index (χ0v) is 11.3. The van der Waals surface area contributed by atoms with Gasteiger partial charge >= 0.3 is 5.97 Å². The second kappa shape index (κ2) is 5.71. The number of hydrogen-bond acceptors (Lipinski definition) is 4. The number of hydrogen-bond donors (Lipinski definition) is 0. The number of carbonyl (C=O) groups is 1. The van der Waals surface area contributed by atoms with Crippen molar-refractivity contribution in [2.75, 3.05) is 0 Å². The van der Waals surface area contributed by atoms with E-state index in [0.717, 1.165) is 11.6 Å². The lowest BCUT2D eigenvalue weighted by molar-refractivity contribution is -0.384. The number of nitro groups is 1. The van der Waals surface area contributed by atoms with Crippen molar-refractivity contribution in [3.8, 4) is 5.75 Å². The summed E-state index contributed by atoms with van der Waals surface area (Å²) in [6.07, 6.45) is 0. The van der Waals surface area contributed by atoms with Gasteiger partial charge in [-0.1, -0.05) is 23.7 Å². The monoisotopic (exact) mass is 291 g/mol. The van der Waals surface area contributed by atoms with Gasteiger partial charge in [0.1, 0.15) is 10.8 Å². The topological polar surface area (TPSA) is 69.4 Å². The van der Waals surface area contributed by atoms with Crippen molar-refractivity contribution < 1.29 is 14.5 Å². The molecule has 0 atom stereocenters. The van der Waals surface area contributed by atoms with Gasteiger partial charge in [-0.2, -0.15) is 0 Å². The molecule has 2 aromatic rings. The van der Waals surface area contributed by atoms with Crippen molar-refractivity contribution >= 4 is 23.3 Å². The van der Waals surface area contributed by atoms with Gasteiger partial charge in [0, 0.05) is 6.07 Å². The van der Waals surface area contributed by atoms with E-state index in [9.17, 15) is 14.9 Å². The van der Waals surface area contributed by atoms with Crippen molar-refractivity contribution in [2.45, 2.75) is 6.92 Å². The lowest BCUT2D eigenvalue weighted by Crippen LogP contribution is -2.09. The Morgan fingerprint density at radius 1 is 1.25 bits per heavy atom. The lowest BCUT2D eigenvalue weighted by atomic mass is 10.2. The third-order valence-corrected chi connectivity index (χ3v) is 2.90. The second-order valence-electron chi connectivity index (χ2n) is 4.13. The first-order valence-electron chi connectivity index (χ1n) is 5.70. The molecular weight excluding hydrogens is 282 g/mol. The Bertz CT molecular complexity index is 685. The van der Waals surface area contributed by atoms with Gasteiger partial charge in [-0.15, -0.1) is 0 Å². The Morgan fingerprint density at radius 2 is 2.00 bits per heavy atom. The maximum absolute atomic E-state index is 11.9. The van der Waals surface area contributed by atoms with E-state index in [1.165, 1.54) is 12.1 Å². The van der Waals surface area contributed by atoms with Crippen LogP contribution in [0.5, 0.6) is 5.75 Å². The number of carbonyl (C=O) groups excluding carboxylic acids is 1. The van der Waals surface area contributed by atoms with Crippen LogP contribution in [0, 0.1) is 17.0 Å². The van der Waals surface area contributed by atoms with Crippen LogP contribution in [-0.2, 0) is 0 Å². The van der Waals surface area contributed by atoms with Crippen molar-refractivity contribution in [1.29, 1.82) is 0 Å². The highest BCUT2D eigenvalue weighted by atomic mass is 35.5. The Labute approximate surface area is 119 Å². The highest BCUT2D eigenvalue weighted by Gasteiger charge is 2.17. The lowest BCUT2D eigenvalue weighted by Gasteiger charge is -2.05. The maximum Gasteiger partial charge on any atom is 0.343 e. The molecule has 0 unspecified atom stereocenters. The number of benzene rings is 2. The van der Waals surface area contributed by atoms with Crippen LogP contribution in [0.2, 0.25) is 5.02 Å². The van der Waals surface area contributed by atoms with E-state index in [1.807, 2.05) is 13.0 Å². The fourth-order valence-electron chi connectivity index (χ4n) is 1.62. The van der Waals surface area contributed by atoms with Crippen molar-refractivity contribution in [1.82, 2.24) is 0 Å². The van der Waals surface area contributed by atoms with Crippen molar-refractivity contribution in [3.63, 3.8) is 0 Å². The number of ether oxygens (including phenoxy) is 1. The molecule has 6 heteroatoms. The molecule has 2 rings (SSSR count). The number of nitro benzene ring substituents is 1. The second-order valence-corrected chi connectivity index (χ2v) is 4.54. The first-order valence-corrected chi connectivity index (χ1v) is 6.08. The summed E-state index contributed by atoms with van der Waals surface area (Å²) in [5, 5.41) is 10.7. The fraction of sp³-hybridized carbons (Fsp3) is 0.0714. The number of nitrogens with zero attached hydrogens (tertiary/aromatic N) is 1. The van der Waals surface area contributed by atoms with Gasteiger partial charge in [0.15, 0.2) is 0 Å². The molecule has 0 saturated heterocycles. The van der Waals surface area contributed by atoms with E-state index >= 15 is 0 Å². The first kappa shape index (κ1) is 14.0. The van der Waals surface area contributed by atoms with Gasteiger partial charge in [-0.25, -0.2) is 4.79 Å². The Hall–Kier alpha value is -2.40. The first-order chi connectivity index (χ1) is 9.47. The summed E-state index contributed by atoms with van der Waals surface area (Å²) in [7, 11) is 0.